The molecule has 0 saturated carbocycles. The second kappa shape index (κ2) is 7.72. The minimum absolute atomic E-state index is 0.0755. The van der Waals surface area contributed by atoms with Crippen molar-refractivity contribution in [2.75, 3.05) is 18.2 Å². The van der Waals surface area contributed by atoms with E-state index in [0.717, 1.165) is 36.0 Å². The Bertz CT molecular complexity index is 1050. The zero-order chi connectivity index (χ0) is 20.5. The molecular weight excluding hydrogens is 404 g/mol. The van der Waals surface area contributed by atoms with Gasteiger partial charge >= 0.3 is 5.97 Å². The lowest BCUT2D eigenvalue weighted by molar-refractivity contribution is -0.119. The summed E-state index contributed by atoms with van der Waals surface area (Å²) in [7, 11) is -3.37. The van der Waals surface area contributed by atoms with Gasteiger partial charge < -0.3 is 15.8 Å². The number of hydrogen-bond acceptors (Lipinski definition) is 7. The van der Waals surface area contributed by atoms with Crippen LogP contribution in [0.15, 0.2) is 29.2 Å². The van der Waals surface area contributed by atoms with E-state index in [2.05, 4.69) is 5.32 Å². The normalized spacial score (nSPS) is 13.0. The quantitative estimate of drug-likeness (QED) is 0.679. The first-order valence-electron chi connectivity index (χ1n) is 8.38. The van der Waals surface area contributed by atoms with Crippen molar-refractivity contribution in [1.29, 1.82) is 0 Å². The molecule has 2 aromatic rings. The first-order chi connectivity index (χ1) is 13.2. The number of primary amides is 1. The van der Waals surface area contributed by atoms with Crippen molar-refractivity contribution in [3.63, 3.8) is 0 Å². The summed E-state index contributed by atoms with van der Waals surface area (Å²) in [6.07, 6.45) is 3.60. The van der Waals surface area contributed by atoms with E-state index in [0.29, 0.717) is 10.6 Å². The van der Waals surface area contributed by atoms with E-state index >= 15 is 0 Å². The lowest BCUT2D eigenvalue weighted by Gasteiger charge is -2.07. The first-order valence-corrected chi connectivity index (χ1v) is 11.1. The van der Waals surface area contributed by atoms with Gasteiger partial charge in [-0.05, 0) is 49.1 Å². The van der Waals surface area contributed by atoms with Crippen LogP contribution >= 0.6 is 11.3 Å². The number of esters is 1. The molecule has 0 radical (unpaired) electrons. The van der Waals surface area contributed by atoms with Crippen LogP contribution in [0.4, 0.5) is 5.00 Å². The maximum atomic E-state index is 12.1. The Labute approximate surface area is 165 Å². The highest BCUT2D eigenvalue weighted by Crippen LogP contribution is 2.38. The number of aryl methyl sites for hydroxylation is 1. The van der Waals surface area contributed by atoms with Crippen LogP contribution in [0.1, 0.15) is 37.6 Å². The number of fused-ring (bicyclic) bond motifs is 1. The standard InChI is InChI=1S/C18H18N2O6S2/c1-28(24,25)11-7-5-10(6-8-11)18(23)26-9-14(21)20-17-15(16(19)22)12-3-2-4-13(12)27-17/h5-8H,2-4,9H2,1H3,(H2,19,22)(H,20,21). The Balaban J connectivity index is 1.62. The molecule has 1 aliphatic rings. The van der Waals surface area contributed by atoms with E-state index in [1.165, 1.54) is 35.6 Å². The molecule has 1 heterocycles. The number of sulfone groups is 1. The van der Waals surface area contributed by atoms with Crippen LogP contribution in [0, 0.1) is 0 Å². The first kappa shape index (κ1) is 20.0. The van der Waals surface area contributed by atoms with Crippen molar-refractivity contribution in [2.24, 2.45) is 5.73 Å². The Morgan fingerprint density at radius 2 is 1.86 bits per heavy atom. The third kappa shape index (κ3) is 4.23. The molecule has 0 spiro atoms. The Kier molecular flexibility index (Phi) is 5.52. The number of hydrogen-bond donors (Lipinski definition) is 2. The second-order valence-electron chi connectivity index (χ2n) is 6.35. The molecule has 0 fully saturated rings. The van der Waals surface area contributed by atoms with Crippen LogP contribution < -0.4 is 11.1 Å². The van der Waals surface area contributed by atoms with Gasteiger partial charge in [0, 0.05) is 11.1 Å². The largest absolute Gasteiger partial charge is 0.452 e. The van der Waals surface area contributed by atoms with Crippen molar-refractivity contribution < 1.29 is 27.5 Å². The predicted molar refractivity (Wildman–Crippen MR) is 103 cm³/mol. The highest BCUT2D eigenvalue weighted by molar-refractivity contribution is 7.90. The van der Waals surface area contributed by atoms with Crippen LogP contribution in [-0.2, 0) is 32.2 Å². The predicted octanol–water partition coefficient (Wildman–Crippen LogP) is 1.53. The summed E-state index contributed by atoms with van der Waals surface area (Å²) in [6.45, 7) is -0.548. The summed E-state index contributed by atoms with van der Waals surface area (Å²) in [4.78, 5) is 37.0. The van der Waals surface area contributed by atoms with Crippen molar-refractivity contribution in [3.05, 3.63) is 45.8 Å². The number of nitrogens with two attached hydrogens (primary N) is 1. The fraction of sp³-hybridized carbons (Fsp3) is 0.278. The van der Waals surface area contributed by atoms with Gasteiger partial charge in [-0.2, -0.15) is 0 Å². The third-order valence-electron chi connectivity index (χ3n) is 4.27. The molecule has 8 nitrogen and oxygen atoms in total. The number of amides is 2. The van der Waals surface area contributed by atoms with E-state index < -0.39 is 34.2 Å². The molecule has 0 unspecified atom stereocenters. The van der Waals surface area contributed by atoms with Crippen LogP contribution in [0.3, 0.4) is 0 Å². The van der Waals surface area contributed by atoms with Crippen molar-refractivity contribution >= 4 is 44.0 Å². The van der Waals surface area contributed by atoms with Gasteiger partial charge in [0.25, 0.3) is 11.8 Å². The van der Waals surface area contributed by atoms with E-state index in [-0.39, 0.29) is 10.5 Å². The van der Waals surface area contributed by atoms with Gasteiger partial charge in [-0.3, -0.25) is 9.59 Å². The highest BCUT2D eigenvalue weighted by atomic mass is 32.2. The molecule has 3 N–H and O–H groups in total. The molecule has 1 aromatic heterocycles. The van der Waals surface area contributed by atoms with E-state index in [1.807, 2.05) is 0 Å². The summed E-state index contributed by atoms with van der Waals surface area (Å²) in [5, 5.41) is 2.95. The molecule has 0 bridgehead atoms. The summed E-state index contributed by atoms with van der Waals surface area (Å²) < 4.78 is 27.8. The maximum absolute atomic E-state index is 12.1. The fourth-order valence-electron chi connectivity index (χ4n) is 2.97. The topological polar surface area (TPSA) is 133 Å². The molecule has 10 heteroatoms. The van der Waals surface area contributed by atoms with Gasteiger partial charge in [0.2, 0.25) is 0 Å². The average molecular weight is 422 g/mol. The fourth-order valence-corrected chi connectivity index (χ4v) is 4.91. The molecule has 0 atom stereocenters. The number of nitrogens with one attached hydrogen (secondary N) is 1. The van der Waals surface area contributed by atoms with Crippen LogP contribution in [0.5, 0.6) is 0 Å². The molecular formula is C18H18N2O6S2. The number of benzene rings is 1. The maximum Gasteiger partial charge on any atom is 0.338 e. The van der Waals surface area contributed by atoms with Crippen LogP contribution in [0.2, 0.25) is 0 Å². The number of thiophene rings is 1. The summed E-state index contributed by atoms with van der Waals surface area (Å²) in [5.74, 6) is -1.96. The average Bonchev–Trinajstić information content (AvgIpc) is 3.19. The monoisotopic (exact) mass is 422 g/mol. The third-order valence-corrected chi connectivity index (χ3v) is 6.61. The van der Waals surface area contributed by atoms with Gasteiger partial charge in [0.15, 0.2) is 16.4 Å². The molecule has 148 valence electrons. The lowest BCUT2D eigenvalue weighted by atomic mass is 10.1. The van der Waals surface area contributed by atoms with E-state index in [4.69, 9.17) is 10.5 Å². The zero-order valence-electron chi connectivity index (χ0n) is 15.0. The number of rotatable bonds is 6. The molecule has 0 saturated heterocycles. The number of ether oxygens (including phenoxy) is 1. The number of carbonyl (C=O) groups excluding carboxylic acids is 3. The lowest BCUT2D eigenvalue weighted by Crippen LogP contribution is -2.22. The minimum atomic E-state index is -3.37. The summed E-state index contributed by atoms with van der Waals surface area (Å²) in [5.41, 5.74) is 6.77. The summed E-state index contributed by atoms with van der Waals surface area (Å²) >= 11 is 1.31. The molecule has 0 aliphatic heterocycles. The van der Waals surface area contributed by atoms with Crippen molar-refractivity contribution in [1.82, 2.24) is 0 Å². The van der Waals surface area contributed by atoms with E-state index in [1.54, 1.807) is 0 Å². The van der Waals surface area contributed by atoms with Crippen molar-refractivity contribution in [2.45, 2.75) is 24.2 Å². The molecule has 1 aromatic carbocycles. The van der Waals surface area contributed by atoms with Crippen LogP contribution in [0.25, 0.3) is 0 Å². The number of carbonyl (C=O) groups is 3. The Morgan fingerprint density at radius 1 is 1.18 bits per heavy atom. The van der Waals surface area contributed by atoms with Gasteiger partial charge in [0.1, 0.15) is 5.00 Å². The minimum Gasteiger partial charge on any atom is -0.452 e. The Morgan fingerprint density at radius 3 is 2.46 bits per heavy atom. The molecule has 2 amide bonds. The highest BCUT2D eigenvalue weighted by Gasteiger charge is 2.26. The number of anilines is 1. The molecule has 28 heavy (non-hydrogen) atoms. The Hall–Kier alpha value is -2.72. The van der Waals surface area contributed by atoms with Crippen molar-refractivity contribution in [3.8, 4) is 0 Å². The van der Waals surface area contributed by atoms with Gasteiger partial charge in [-0.25, -0.2) is 13.2 Å². The zero-order valence-corrected chi connectivity index (χ0v) is 16.6. The van der Waals surface area contributed by atoms with Gasteiger partial charge in [-0.15, -0.1) is 11.3 Å². The molecule has 1 aliphatic carbocycles. The molecule has 3 rings (SSSR count). The van der Waals surface area contributed by atoms with Gasteiger partial charge in [-0.1, -0.05) is 0 Å². The summed E-state index contributed by atoms with van der Waals surface area (Å²) in [6, 6.07) is 5.20. The van der Waals surface area contributed by atoms with Crippen LogP contribution in [-0.4, -0.2) is 39.1 Å². The SMILES string of the molecule is CS(=O)(=O)c1ccc(C(=O)OCC(=O)Nc2sc3c(c2C(N)=O)CCC3)cc1. The smallest absolute Gasteiger partial charge is 0.338 e. The van der Waals surface area contributed by atoms with Gasteiger partial charge in [0.05, 0.1) is 16.0 Å². The second-order valence-corrected chi connectivity index (χ2v) is 9.47. The van der Waals surface area contributed by atoms with E-state index in [9.17, 15) is 22.8 Å².